The van der Waals surface area contributed by atoms with Crippen LogP contribution in [0.3, 0.4) is 0 Å². The molecule has 1 N–H and O–H groups in total. The number of likely N-dealkylation sites (tertiary alicyclic amines) is 2. The molecule has 5 rings (SSSR count). The molecule has 2 saturated heterocycles. The monoisotopic (exact) mass is 481 g/mol. The third-order valence-corrected chi connectivity index (χ3v) is 7.54. The first-order valence-corrected chi connectivity index (χ1v) is 12.7. The zero-order chi connectivity index (χ0) is 25.1. The van der Waals surface area contributed by atoms with Crippen LogP contribution < -0.4 is 5.32 Å². The van der Waals surface area contributed by atoms with Crippen molar-refractivity contribution < 1.29 is 9.59 Å². The van der Waals surface area contributed by atoms with Crippen molar-refractivity contribution >= 4 is 28.3 Å². The lowest BCUT2D eigenvalue weighted by atomic mass is 9.93. The zero-order valence-electron chi connectivity index (χ0n) is 20.6. The lowest BCUT2D eigenvalue weighted by Crippen LogP contribution is -2.47. The molecule has 7 heteroatoms. The van der Waals surface area contributed by atoms with Crippen LogP contribution in [0.25, 0.3) is 21.9 Å². The first-order valence-electron chi connectivity index (χ1n) is 12.7. The third-order valence-electron chi connectivity index (χ3n) is 7.54. The summed E-state index contributed by atoms with van der Waals surface area (Å²) in [4.78, 5) is 32.9. The number of fused-ring (bicyclic) bond motifs is 1. The highest BCUT2D eigenvalue weighted by molar-refractivity contribution is 5.97. The molecule has 1 aromatic heterocycles. The Morgan fingerprint density at radius 2 is 1.72 bits per heavy atom. The SMILES string of the molecule is CC(=O)N1CCC(C(=O)N2CCC(Nc3cc(-c4cccc(C#N)c4)cc4ccncc34)CC2)CC1. The molecule has 2 aliphatic heterocycles. The number of aromatic nitrogens is 1. The maximum Gasteiger partial charge on any atom is 0.225 e. The minimum absolute atomic E-state index is 0.0287. The van der Waals surface area contributed by atoms with Crippen molar-refractivity contribution in [3.63, 3.8) is 0 Å². The Bertz CT molecular complexity index is 1310. The Morgan fingerprint density at radius 3 is 2.44 bits per heavy atom. The van der Waals surface area contributed by atoms with Gasteiger partial charge in [0.05, 0.1) is 11.6 Å². The minimum atomic E-state index is 0.0287. The topological polar surface area (TPSA) is 89.3 Å². The van der Waals surface area contributed by atoms with E-state index in [2.05, 4.69) is 28.5 Å². The van der Waals surface area contributed by atoms with Gasteiger partial charge in [-0.05, 0) is 72.5 Å². The van der Waals surface area contributed by atoms with E-state index in [1.807, 2.05) is 46.3 Å². The smallest absolute Gasteiger partial charge is 0.225 e. The van der Waals surface area contributed by atoms with Crippen LogP contribution >= 0.6 is 0 Å². The summed E-state index contributed by atoms with van der Waals surface area (Å²) in [6.07, 6.45) is 6.97. The van der Waals surface area contributed by atoms with Gasteiger partial charge >= 0.3 is 0 Å². The molecule has 0 unspecified atom stereocenters. The lowest BCUT2D eigenvalue weighted by Gasteiger charge is -2.37. The van der Waals surface area contributed by atoms with Gasteiger partial charge in [-0.15, -0.1) is 0 Å². The number of benzene rings is 2. The molecule has 3 heterocycles. The van der Waals surface area contributed by atoms with Gasteiger partial charge in [-0.2, -0.15) is 5.26 Å². The molecule has 0 bridgehead atoms. The third kappa shape index (κ3) is 5.03. The second-order valence-corrected chi connectivity index (χ2v) is 9.84. The Balaban J connectivity index is 1.27. The molecule has 0 radical (unpaired) electrons. The average molecular weight is 482 g/mol. The highest BCUT2D eigenvalue weighted by atomic mass is 16.2. The van der Waals surface area contributed by atoms with Crippen molar-refractivity contribution in [1.29, 1.82) is 5.26 Å². The van der Waals surface area contributed by atoms with E-state index in [4.69, 9.17) is 0 Å². The summed E-state index contributed by atoms with van der Waals surface area (Å²) in [6.45, 7) is 4.43. The molecule has 184 valence electrons. The van der Waals surface area contributed by atoms with E-state index in [0.29, 0.717) is 18.7 Å². The molecule has 0 saturated carbocycles. The van der Waals surface area contributed by atoms with Crippen LogP contribution in [0.15, 0.2) is 54.9 Å². The molecule has 36 heavy (non-hydrogen) atoms. The second-order valence-electron chi connectivity index (χ2n) is 9.84. The largest absolute Gasteiger partial charge is 0.382 e. The fourth-order valence-corrected chi connectivity index (χ4v) is 5.42. The fourth-order valence-electron chi connectivity index (χ4n) is 5.42. The van der Waals surface area contributed by atoms with E-state index in [9.17, 15) is 14.9 Å². The number of amides is 2. The molecular formula is C29H31N5O2. The first kappa shape index (κ1) is 23.8. The molecule has 2 aliphatic rings. The average Bonchev–Trinajstić information content (AvgIpc) is 2.93. The molecule has 7 nitrogen and oxygen atoms in total. The standard InChI is InChI=1S/C29H31N5O2/c1-20(35)33-11-6-22(7-12-33)29(36)34-13-8-26(9-14-34)32-28-17-25(16-24-5-10-31-19-27(24)28)23-4-2-3-21(15-23)18-30/h2-5,10,15-17,19,22,26,32H,6-9,11-14H2,1H3. The number of nitriles is 1. The molecular weight excluding hydrogens is 450 g/mol. The van der Waals surface area contributed by atoms with Crippen LogP contribution in [0, 0.1) is 17.2 Å². The molecule has 2 amide bonds. The molecule has 3 aromatic rings. The quantitative estimate of drug-likeness (QED) is 0.595. The van der Waals surface area contributed by atoms with E-state index in [1.54, 1.807) is 13.1 Å². The van der Waals surface area contributed by atoms with Gasteiger partial charge < -0.3 is 15.1 Å². The predicted molar refractivity (Wildman–Crippen MR) is 140 cm³/mol. The van der Waals surface area contributed by atoms with Gasteiger partial charge in [-0.1, -0.05) is 12.1 Å². The van der Waals surface area contributed by atoms with E-state index < -0.39 is 0 Å². The van der Waals surface area contributed by atoms with Gasteiger partial charge in [0.1, 0.15) is 0 Å². The lowest BCUT2D eigenvalue weighted by molar-refractivity contribution is -0.140. The van der Waals surface area contributed by atoms with Crippen LogP contribution in [-0.2, 0) is 9.59 Å². The number of hydrogen-bond donors (Lipinski definition) is 1. The first-order chi connectivity index (χ1) is 17.5. The van der Waals surface area contributed by atoms with Gasteiger partial charge in [0.2, 0.25) is 11.8 Å². The van der Waals surface area contributed by atoms with E-state index in [-0.39, 0.29) is 23.8 Å². The van der Waals surface area contributed by atoms with Crippen molar-refractivity contribution in [2.24, 2.45) is 5.92 Å². The van der Waals surface area contributed by atoms with Crippen LogP contribution in [-0.4, -0.2) is 58.8 Å². The molecule has 2 fully saturated rings. The van der Waals surface area contributed by atoms with E-state index >= 15 is 0 Å². The predicted octanol–water partition coefficient (Wildman–Crippen LogP) is 4.43. The fraction of sp³-hybridized carbons (Fsp3) is 0.379. The van der Waals surface area contributed by atoms with Crippen molar-refractivity contribution in [2.45, 2.75) is 38.6 Å². The number of nitrogens with one attached hydrogen (secondary N) is 1. The number of rotatable bonds is 4. The summed E-state index contributed by atoms with van der Waals surface area (Å²) < 4.78 is 0. The summed E-state index contributed by atoms with van der Waals surface area (Å²) in [5.41, 5.74) is 3.73. The number of piperidine rings is 2. The maximum absolute atomic E-state index is 13.1. The van der Waals surface area contributed by atoms with Gasteiger partial charge in [0, 0.05) is 68.5 Å². The minimum Gasteiger partial charge on any atom is -0.382 e. The van der Waals surface area contributed by atoms with Gasteiger partial charge in [0.15, 0.2) is 0 Å². The summed E-state index contributed by atoms with van der Waals surface area (Å²) in [7, 11) is 0. The van der Waals surface area contributed by atoms with Crippen molar-refractivity contribution in [2.75, 3.05) is 31.5 Å². The maximum atomic E-state index is 13.1. The normalized spacial score (nSPS) is 17.1. The highest BCUT2D eigenvalue weighted by Gasteiger charge is 2.31. The second kappa shape index (κ2) is 10.4. The van der Waals surface area contributed by atoms with Crippen molar-refractivity contribution in [3.8, 4) is 17.2 Å². The van der Waals surface area contributed by atoms with Crippen molar-refractivity contribution in [1.82, 2.24) is 14.8 Å². The van der Waals surface area contributed by atoms with E-state index in [0.717, 1.165) is 66.4 Å². The Hall–Kier alpha value is -3.92. The van der Waals surface area contributed by atoms with Crippen LogP contribution in [0.2, 0.25) is 0 Å². The summed E-state index contributed by atoms with van der Waals surface area (Å²) in [5.74, 6) is 0.365. The molecule has 0 aliphatic carbocycles. The van der Waals surface area contributed by atoms with Gasteiger partial charge in [-0.25, -0.2) is 0 Å². The Kier molecular flexibility index (Phi) is 6.86. The van der Waals surface area contributed by atoms with Crippen molar-refractivity contribution in [3.05, 3.63) is 60.4 Å². The molecule has 0 atom stereocenters. The number of carbonyl (C=O) groups excluding carboxylic acids is 2. The Morgan fingerprint density at radius 1 is 0.972 bits per heavy atom. The zero-order valence-corrected chi connectivity index (χ0v) is 20.6. The summed E-state index contributed by atoms with van der Waals surface area (Å²) >= 11 is 0. The summed E-state index contributed by atoms with van der Waals surface area (Å²) in [5, 5.41) is 15.2. The summed E-state index contributed by atoms with van der Waals surface area (Å²) in [6, 6.07) is 16.4. The highest BCUT2D eigenvalue weighted by Crippen LogP contribution is 2.32. The molecule has 2 aromatic carbocycles. The van der Waals surface area contributed by atoms with Gasteiger partial charge in [-0.3, -0.25) is 14.6 Å². The number of anilines is 1. The number of carbonyl (C=O) groups is 2. The van der Waals surface area contributed by atoms with Gasteiger partial charge in [0.25, 0.3) is 0 Å². The van der Waals surface area contributed by atoms with E-state index in [1.165, 1.54) is 0 Å². The van der Waals surface area contributed by atoms with Crippen LogP contribution in [0.1, 0.15) is 38.2 Å². The number of pyridine rings is 1. The van der Waals surface area contributed by atoms with Crippen LogP contribution in [0.5, 0.6) is 0 Å². The Labute approximate surface area is 211 Å². The number of nitrogens with zero attached hydrogens (tertiary/aromatic N) is 4. The van der Waals surface area contributed by atoms with Crippen LogP contribution in [0.4, 0.5) is 5.69 Å². The number of hydrogen-bond acceptors (Lipinski definition) is 5. The molecule has 0 spiro atoms.